The second kappa shape index (κ2) is 5.49. The molecule has 2 rings (SSSR count). The summed E-state index contributed by atoms with van der Waals surface area (Å²) in [6.07, 6.45) is 0. The maximum Gasteiger partial charge on any atom is 0.335 e. The summed E-state index contributed by atoms with van der Waals surface area (Å²) in [6.45, 7) is 1.68. The van der Waals surface area contributed by atoms with E-state index in [9.17, 15) is 17.6 Å². The number of sulfonamides is 1. The molecule has 0 saturated carbocycles. The molecular formula is C13H11FN2O4S. The molecule has 0 aliphatic carbocycles. The fourth-order valence-corrected chi connectivity index (χ4v) is 2.71. The number of hydrogen-bond acceptors (Lipinski definition) is 4. The number of carbonyl (C=O) groups is 1. The molecule has 6 nitrogen and oxygen atoms in total. The summed E-state index contributed by atoms with van der Waals surface area (Å²) in [5.74, 6) is -2.43. The number of carboxylic acid groups (broad SMARTS) is 1. The van der Waals surface area contributed by atoms with Crippen LogP contribution in [-0.2, 0) is 10.0 Å². The maximum atomic E-state index is 13.8. The fraction of sp³-hybridized carbons (Fsp3) is 0.0769. The number of pyridine rings is 1. The van der Waals surface area contributed by atoms with Gasteiger partial charge in [0.2, 0.25) is 0 Å². The first kappa shape index (κ1) is 14.9. The molecule has 21 heavy (non-hydrogen) atoms. The molecule has 1 heterocycles. The van der Waals surface area contributed by atoms with Crippen molar-refractivity contribution in [1.82, 2.24) is 4.98 Å². The molecule has 0 saturated heterocycles. The van der Waals surface area contributed by atoms with E-state index in [0.29, 0.717) is 11.8 Å². The molecule has 2 aromatic rings. The van der Waals surface area contributed by atoms with Gasteiger partial charge in [-0.3, -0.25) is 4.72 Å². The molecule has 0 aliphatic rings. The molecule has 2 N–H and O–H groups in total. The molecule has 110 valence electrons. The van der Waals surface area contributed by atoms with Crippen molar-refractivity contribution >= 4 is 21.8 Å². The van der Waals surface area contributed by atoms with Crippen LogP contribution < -0.4 is 4.72 Å². The van der Waals surface area contributed by atoms with Crippen molar-refractivity contribution in [2.45, 2.75) is 11.8 Å². The van der Waals surface area contributed by atoms with E-state index in [2.05, 4.69) is 9.71 Å². The quantitative estimate of drug-likeness (QED) is 0.900. The number of anilines is 1. The summed E-state index contributed by atoms with van der Waals surface area (Å²) in [5.41, 5.74) is 0.261. The molecule has 1 aromatic heterocycles. The molecular weight excluding hydrogens is 299 g/mol. The van der Waals surface area contributed by atoms with Crippen molar-refractivity contribution in [3.05, 3.63) is 53.5 Å². The predicted molar refractivity (Wildman–Crippen MR) is 73.1 cm³/mol. The molecule has 0 unspecified atom stereocenters. The smallest absolute Gasteiger partial charge is 0.335 e. The molecule has 0 aliphatic heterocycles. The van der Waals surface area contributed by atoms with Crippen LogP contribution in [0.4, 0.5) is 10.2 Å². The second-order valence-electron chi connectivity index (χ2n) is 4.22. The summed E-state index contributed by atoms with van der Waals surface area (Å²) >= 11 is 0. The third-order valence-corrected chi connectivity index (χ3v) is 3.98. The largest absolute Gasteiger partial charge is 0.478 e. The first-order valence-electron chi connectivity index (χ1n) is 5.79. The number of aromatic carboxylic acids is 1. The Morgan fingerprint density at radius 2 is 2.00 bits per heavy atom. The molecule has 8 heteroatoms. The van der Waals surface area contributed by atoms with Crippen LogP contribution in [-0.4, -0.2) is 24.5 Å². The zero-order valence-corrected chi connectivity index (χ0v) is 11.7. The van der Waals surface area contributed by atoms with Crippen molar-refractivity contribution < 1.29 is 22.7 Å². The lowest BCUT2D eigenvalue weighted by atomic mass is 10.2. The van der Waals surface area contributed by atoms with E-state index < -0.39 is 26.7 Å². The minimum atomic E-state index is -4.18. The van der Waals surface area contributed by atoms with Gasteiger partial charge >= 0.3 is 5.97 Å². The molecule has 0 radical (unpaired) electrons. The van der Waals surface area contributed by atoms with Gasteiger partial charge in [0.15, 0.2) is 0 Å². The number of nitrogens with zero attached hydrogens (tertiary/aromatic N) is 1. The van der Waals surface area contributed by atoms with Crippen LogP contribution in [0.15, 0.2) is 41.3 Å². The van der Waals surface area contributed by atoms with E-state index in [1.807, 2.05) is 0 Å². The lowest BCUT2D eigenvalue weighted by molar-refractivity contribution is 0.0696. The van der Waals surface area contributed by atoms with Crippen LogP contribution in [0.1, 0.15) is 16.1 Å². The Labute approximate surface area is 120 Å². The molecule has 0 atom stereocenters. The number of carboxylic acids is 1. The second-order valence-corrected chi connectivity index (χ2v) is 5.87. The maximum absolute atomic E-state index is 13.8. The average Bonchev–Trinajstić information content (AvgIpc) is 2.37. The van der Waals surface area contributed by atoms with Crippen LogP contribution in [0.5, 0.6) is 0 Å². The summed E-state index contributed by atoms with van der Waals surface area (Å²) in [6, 6.07) is 7.28. The highest BCUT2D eigenvalue weighted by Gasteiger charge is 2.21. The Bertz CT molecular complexity index is 806. The number of aryl methyl sites for hydroxylation is 1. The van der Waals surface area contributed by atoms with Gasteiger partial charge in [-0.1, -0.05) is 6.07 Å². The van der Waals surface area contributed by atoms with Gasteiger partial charge in [0, 0.05) is 5.69 Å². The van der Waals surface area contributed by atoms with E-state index in [0.717, 1.165) is 12.1 Å². The molecule has 0 amide bonds. The van der Waals surface area contributed by atoms with Crippen molar-refractivity contribution in [2.75, 3.05) is 4.72 Å². The van der Waals surface area contributed by atoms with Crippen LogP contribution in [0, 0.1) is 12.7 Å². The fourth-order valence-electron chi connectivity index (χ4n) is 1.64. The van der Waals surface area contributed by atoms with Crippen LogP contribution >= 0.6 is 0 Å². The van der Waals surface area contributed by atoms with E-state index in [1.165, 1.54) is 6.07 Å². The average molecular weight is 310 g/mol. The molecule has 1 aromatic carbocycles. The minimum Gasteiger partial charge on any atom is -0.478 e. The Hall–Kier alpha value is -2.48. The van der Waals surface area contributed by atoms with E-state index >= 15 is 0 Å². The SMILES string of the molecule is Cc1cccc(NS(=O)(=O)c2ccc(C(=O)O)cc2F)n1. The van der Waals surface area contributed by atoms with Gasteiger partial charge in [-0.2, -0.15) is 0 Å². The lowest BCUT2D eigenvalue weighted by Crippen LogP contribution is -2.16. The highest BCUT2D eigenvalue weighted by molar-refractivity contribution is 7.92. The normalized spacial score (nSPS) is 11.1. The summed E-state index contributed by atoms with van der Waals surface area (Å²) in [7, 11) is -4.18. The highest BCUT2D eigenvalue weighted by Crippen LogP contribution is 2.19. The third-order valence-electron chi connectivity index (χ3n) is 2.60. The van der Waals surface area contributed by atoms with Gasteiger partial charge < -0.3 is 5.11 Å². The van der Waals surface area contributed by atoms with Crippen LogP contribution in [0.2, 0.25) is 0 Å². The minimum absolute atomic E-state index is 0.0525. The number of hydrogen-bond donors (Lipinski definition) is 2. The van der Waals surface area contributed by atoms with Crippen molar-refractivity contribution in [1.29, 1.82) is 0 Å². The Morgan fingerprint density at radius 3 is 2.57 bits per heavy atom. The number of benzene rings is 1. The van der Waals surface area contributed by atoms with Gasteiger partial charge in [0.25, 0.3) is 10.0 Å². The molecule has 0 fully saturated rings. The van der Waals surface area contributed by atoms with Gasteiger partial charge in [0.05, 0.1) is 5.56 Å². The van der Waals surface area contributed by atoms with Crippen LogP contribution in [0.3, 0.4) is 0 Å². The summed E-state index contributed by atoms with van der Waals surface area (Å²) < 4.78 is 40.1. The van der Waals surface area contributed by atoms with E-state index in [1.54, 1.807) is 19.1 Å². The zero-order valence-electron chi connectivity index (χ0n) is 10.9. The van der Waals surface area contributed by atoms with Crippen LogP contribution in [0.25, 0.3) is 0 Å². The van der Waals surface area contributed by atoms with E-state index in [4.69, 9.17) is 5.11 Å². The van der Waals surface area contributed by atoms with Crippen molar-refractivity contribution in [2.24, 2.45) is 0 Å². The molecule has 0 spiro atoms. The Morgan fingerprint density at radius 1 is 1.29 bits per heavy atom. The summed E-state index contributed by atoms with van der Waals surface area (Å²) in [4.78, 5) is 14.0. The van der Waals surface area contributed by atoms with Gasteiger partial charge in [-0.05, 0) is 37.3 Å². The first-order valence-corrected chi connectivity index (χ1v) is 7.27. The zero-order chi connectivity index (χ0) is 15.6. The number of aromatic nitrogens is 1. The van der Waals surface area contributed by atoms with Gasteiger partial charge in [-0.25, -0.2) is 22.6 Å². The number of nitrogens with one attached hydrogen (secondary N) is 1. The standard InChI is InChI=1S/C13H11FN2O4S/c1-8-3-2-4-12(15-8)16-21(19,20)11-6-5-9(13(17)18)7-10(11)14/h2-7H,1H3,(H,15,16)(H,17,18). The van der Waals surface area contributed by atoms with Gasteiger partial charge in [0.1, 0.15) is 16.5 Å². The predicted octanol–water partition coefficient (Wildman–Crippen LogP) is 2.03. The Kier molecular flexibility index (Phi) is 3.90. The first-order chi connectivity index (χ1) is 9.79. The van der Waals surface area contributed by atoms with Gasteiger partial charge in [-0.15, -0.1) is 0 Å². The number of rotatable bonds is 4. The molecule has 0 bridgehead atoms. The van der Waals surface area contributed by atoms with Crippen molar-refractivity contribution in [3.63, 3.8) is 0 Å². The van der Waals surface area contributed by atoms with E-state index in [-0.39, 0.29) is 11.4 Å². The monoisotopic (exact) mass is 310 g/mol. The van der Waals surface area contributed by atoms with Crippen molar-refractivity contribution in [3.8, 4) is 0 Å². The lowest BCUT2D eigenvalue weighted by Gasteiger charge is -2.09. The summed E-state index contributed by atoms with van der Waals surface area (Å²) in [5, 5.41) is 8.73. The highest BCUT2D eigenvalue weighted by atomic mass is 32.2. The Balaban J connectivity index is 2.38. The number of halogens is 1. The third kappa shape index (κ3) is 3.34. The topological polar surface area (TPSA) is 96.4 Å².